The number of guanidine groups is 1. The first-order valence-electron chi connectivity index (χ1n) is 8.51. The predicted molar refractivity (Wildman–Crippen MR) is 120 cm³/mol. The average Bonchev–Trinajstić information content (AvgIpc) is 2.58. The molecule has 0 bridgehead atoms. The number of carbonyl (C=O) groups excluding carboxylic acids is 1. The number of amides is 1. The lowest BCUT2D eigenvalue weighted by Crippen LogP contribution is -2.22. The maximum atomic E-state index is 11.6. The summed E-state index contributed by atoms with van der Waals surface area (Å²) in [5.41, 5.74) is 11.2. The molecule has 1 amide bonds. The molecule has 0 unspecified atom stereocenters. The summed E-state index contributed by atoms with van der Waals surface area (Å²) in [6.45, 7) is 6.60. The minimum absolute atomic E-state index is 0. The number of aryl methyl sites for hydroxylation is 2. The van der Waals surface area contributed by atoms with Gasteiger partial charge in [0.15, 0.2) is 5.96 Å². The van der Waals surface area contributed by atoms with E-state index < -0.39 is 0 Å². The lowest BCUT2D eigenvalue weighted by Gasteiger charge is -2.08. The summed E-state index contributed by atoms with van der Waals surface area (Å²) in [5.74, 6) is 0.415. The quantitative estimate of drug-likeness (QED) is 0.331. The Bertz CT molecular complexity index is 757. The molecule has 4 N–H and O–H groups in total. The lowest BCUT2D eigenvalue weighted by molar-refractivity contribution is -0.116. The van der Waals surface area contributed by atoms with Crippen LogP contribution in [-0.4, -0.2) is 11.9 Å². The van der Waals surface area contributed by atoms with E-state index in [0.717, 1.165) is 23.4 Å². The van der Waals surface area contributed by atoms with Crippen molar-refractivity contribution in [2.45, 2.75) is 40.2 Å². The summed E-state index contributed by atoms with van der Waals surface area (Å²) in [4.78, 5) is 15.9. The molecule has 0 spiro atoms. The highest BCUT2D eigenvalue weighted by atomic mass is 127. The highest BCUT2D eigenvalue weighted by molar-refractivity contribution is 14.0. The topological polar surface area (TPSA) is 79.5 Å². The number of nitrogens with zero attached hydrogens (tertiary/aromatic N) is 1. The summed E-state index contributed by atoms with van der Waals surface area (Å²) in [5, 5.41) is 5.97. The molecule has 2 aromatic carbocycles. The van der Waals surface area contributed by atoms with E-state index in [1.807, 2.05) is 43.3 Å². The van der Waals surface area contributed by atoms with Crippen LogP contribution in [0.2, 0.25) is 0 Å². The zero-order valence-electron chi connectivity index (χ0n) is 15.5. The molecule has 5 nitrogen and oxygen atoms in total. The number of aliphatic imine (C=N–C) groups is 1. The normalized spacial score (nSPS) is 10.8. The summed E-state index contributed by atoms with van der Waals surface area (Å²) in [6, 6.07) is 13.7. The average molecular weight is 466 g/mol. The minimum atomic E-state index is 0. The van der Waals surface area contributed by atoms with Crippen LogP contribution in [0.15, 0.2) is 47.5 Å². The van der Waals surface area contributed by atoms with E-state index in [0.29, 0.717) is 18.9 Å². The van der Waals surface area contributed by atoms with Crippen molar-refractivity contribution < 1.29 is 4.79 Å². The van der Waals surface area contributed by atoms with Gasteiger partial charge in [0.1, 0.15) is 0 Å². The molecule has 0 saturated carbocycles. The van der Waals surface area contributed by atoms with E-state index in [9.17, 15) is 4.79 Å². The Hall–Kier alpha value is -2.09. The predicted octanol–water partition coefficient (Wildman–Crippen LogP) is 4.59. The second-order valence-corrected chi connectivity index (χ2v) is 6.12. The number of nitrogens with two attached hydrogens (primary N) is 1. The van der Waals surface area contributed by atoms with E-state index >= 15 is 0 Å². The molecule has 0 radical (unpaired) electrons. The van der Waals surface area contributed by atoms with Crippen LogP contribution in [-0.2, 0) is 11.3 Å². The van der Waals surface area contributed by atoms with Crippen molar-refractivity contribution in [3.05, 3.63) is 59.2 Å². The van der Waals surface area contributed by atoms with Crippen molar-refractivity contribution in [1.82, 2.24) is 0 Å². The monoisotopic (exact) mass is 466 g/mol. The van der Waals surface area contributed by atoms with Gasteiger partial charge in [0.2, 0.25) is 5.91 Å². The van der Waals surface area contributed by atoms with E-state index in [1.54, 1.807) is 0 Å². The highest BCUT2D eigenvalue weighted by Crippen LogP contribution is 2.14. The zero-order chi connectivity index (χ0) is 18.2. The van der Waals surface area contributed by atoms with Crippen LogP contribution < -0.4 is 16.4 Å². The standard InChI is InChI=1S/C20H26N4O.HI/c1-4-5-19(25)23-17-10-7-16(8-11-17)13-22-20(21)24-18-9-6-14(2)15(3)12-18;/h6-12H,4-5,13H2,1-3H3,(H,23,25)(H3,21,22,24);1H. The van der Waals surface area contributed by atoms with Crippen molar-refractivity contribution in [3.8, 4) is 0 Å². The summed E-state index contributed by atoms with van der Waals surface area (Å²) >= 11 is 0. The van der Waals surface area contributed by atoms with Gasteiger partial charge in [0, 0.05) is 17.8 Å². The minimum Gasteiger partial charge on any atom is -0.370 e. The molecule has 2 aromatic rings. The maximum absolute atomic E-state index is 11.6. The van der Waals surface area contributed by atoms with Gasteiger partial charge in [-0.05, 0) is 61.2 Å². The number of hydrogen-bond donors (Lipinski definition) is 3. The van der Waals surface area contributed by atoms with Gasteiger partial charge in [-0.25, -0.2) is 4.99 Å². The molecule has 26 heavy (non-hydrogen) atoms. The van der Waals surface area contributed by atoms with Gasteiger partial charge < -0.3 is 16.4 Å². The fraction of sp³-hybridized carbons (Fsp3) is 0.300. The van der Waals surface area contributed by atoms with E-state index in [1.165, 1.54) is 11.1 Å². The Morgan fingerprint density at radius 2 is 1.65 bits per heavy atom. The SMILES string of the molecule is CCCC(=O)Nc1ccc(CN=C(N)Nc2ccc(C)c(C)c2)cc1.I. The first-order valence-corrected chi connectivity index (χ1v) is 8.51. The molecule has 0 atom stereocenters. The molecular formula is C20H27IN4O. The summed E-state index contributed by atoms with van der Waals surface area (Å²) < 4.78 is 0. The first-order chi connectivity index (χ1) is 12.0. The Morgan fingerprint density at radius 1 is 1.00 bits per heavy atom. The Balaban J connectivity index is 0.00000338. The summed E-state index contributed by atoms with van der Waals surface area (Å²) in [6.07, 6.45) is 1.37. The largest absolute Gasteiger partial charge is 0.370 e. The van der Waals surface area contributed by atoms with Crippen LogP contribution >= 0.6 is 24.0 Å². The van der Waals surface area contributed by atoms with Crippen molar-refractivity contribution in [3.63, 3.8) is 0 Å². The number of benzene rings is 2. The van der Waals surface area contributed by atoms with Gasteiger partial charge in [0.05, 0.1) is 6.54 Å². The fourth-order valence-corrected chi connectivity index (χ4v) is 2.33. The molecule has 0 aliphatic rings. The van der Waals surface area contributed by atoms with Crippen LogP contribution in [0.1, 0.15) is 36.5 Å². The molecule has 0 aliphatic carbocycles. The van der Waals surface area contributed by atoms with Crippen molar-refractivity contribution >= 4 is 47.2 Å². The fourth-order valence-electron chi connectivity index (χ4n) is 2.33. The molecule has 6 heteroatoms. The van der Waals surface area contributed by atoms with Crippen molar-refractivity contribution in [2.24, 2.45) is 10.7 Å². The van der Waals surface area contributed by atoms with Gasteiger partial charge in [-0.15, -0.1) is 24.0 Å². The third kappa shape index (κ3) is 7.03. The first kappa shape index (κ1) is 22.0. The van der Waals surface area contributed by atoms with E-state index in [-0.39, 0.29) is 29.9 Å². The number of anilines is 2. The number of carbonyl (C=O) groups is 1. The molecule has 2 rings (SSSR count). The van der Waals surface area contributed by atoms with Crippen LogP contribution in [0, 0.1) is 13.8 Å². The van der Waals surface area contributed by atoms with Crippen molar-refractivity contribution in [2.75, 3.05) is 10.6 Å². The van der Waals surface area contributed by atoms with Crippen LogP contribution in [0.5, 0.6) is 0 Å². The number of halogens is 1. The number of rotatable bonds is 6. The van der Waals surface area contributed by atoms with Gasteiger partial charge in [-0.2, -0.15) is 0 Å². The molecule has 0 fully saturated rings. The molecule has 0 aliphatic heterocycles. The molecule has 0 heterocycles. The van der Waals surface area contributed by atoms with Gasteiger partial charge in [-0.3, -0.25) is 4.79 Å². The third-order valence-corrected chi connectivity index (χ3v) is 3.93. The van der Waals surface area contributed by atoms with Crippen LogP contribution in [0.4, 0.5) is 11.4 Å². The van der Waals surface area contributed by atoms with Crippen molar-refractivity contribution in [1.29, 1.82) is 0 Å². The number of nitrogens with one attached hydrogen (secondary N) is 2. The van der Waals surface area contributed by atoms with Crippen LogP contribution in [0.25, 0.3) is 0 Å². The Morgan fingerprint density at radius 3 is 2.27 bits per heavy atom. The van der Waals surface area contributed by atoms with E-state index in [4.69, 9.17) is 5.73 Å². The maximum Gasteiger partial charge on any atom is 0.224 e. The molecule has 0 saturated heterocycles. The second kappa shape index (κ2) is 10.8. The third-order valence-electron chi connectivity index (χ3n) is 3.93. The van der Waals surface area contributed by atoms with Gasteiger partial charge >= 0.3 is 0 Å². The second-order valence-electron chi connectivity index (χ2n) is 6.12. The van der Waals surface area contributed by atoms with E-state index in [2.05, 4.69) is 35.5 Å². The smallest absolute Gasteiger partial charge is 0.224 e. The molecular weight excluding hydrogens is 439 g/mol. The van der Waals surface area contributed by atoms with Crippen LogP contribution in [0.3, 0.4) is 0 Å². The highest BCUT2D eigenvalue weighted by Gasteiger charge is 2.01. The molecule has 140 valence electrons. The summed E-state index contributed by atoms with van der Waals surface area (Å²) in [7, 11) is 0. The number of hydrogen-bond acceptors (Lipinski definition) is 2. The Kier molecular flexibility index (Phi) is 9.12. The molecule has 0 aromatic heterocycles. The zero-order valence-corrected chi connectivity index (χ0v) is 17.8. The van der Waals surface area contributed by atoms with Gasteiger partial charge in [-0.1, -0.05) is 25.1 Å². The van der Waals surface area contributed by atoms with Gasteiger partial charge in [0.25, 0.3) is 0 Å². The lowest BCUT2D eigenvalue weighted by atomic mass is 10.1. The Labute approximate surface area is 172 Å².